The minimum atomic E-state index is -0.582. The maximum atomic E-state index is 17.2. The average Bonchev–Trinajstić information content (AvgIpc) is 3.46. The predicted octanol–water partition coefficient (Wildman–Crippen LogP) is 5.19. The SMILES string of the molecule is C[C@@]12CCCN(C1)c1nc(OC[C@@H]3CCC4COCCN43)nc3c(F)c(ncc13)-c1c(c(Cl)cc3[nH]ncc13)[C@H]1C[C@H]1CCOC(=O)N2. The summed E-state index contributed by atoms with van der Waals surface area (Å²) in [5.41, 5.74) is 1.85. The fraction of sp³-hybridized carbons (Fsp3) is 0.559. The van der Waals surface area contributed by atoms with Gasteiger partial charge in [0.2, 0.25) is 0 Å². The molecule has 12 nitrogen and oxygen atoms in total. The summed E-state index contributed by atoms with van der Waals surface area (Å²) in [5, 5.41) is 12.1. The molecule has 1 aromatic carbocycles. The Labute approximate surface area is 281 Å². The number of pyridine rings is 1. The van der Waals surface area contributed by atoms with Gasteiger partial charge in [-0.25, -0.2) is 9.18 Å². The van der Waals surface area contributed by atoms with E-state index in [4.69, 9.17) is 40.8 Å². The van der Waals surface area contributed by atoms with E-state index in [0.29, 0.717) is 66.1 Å². The fourth-order valence-electron chi connectivity index (χ4n) is 8.52. The number of amides is 1. The lowest BCUT2D eigenvalue weighted by atomic mass is 9.91. The van der Waals surface area contributed by atoms with Crippen molar-refractivity contribution < 1.29 is 23.4 Å². The summed E-state index contributed by atoms with van der Waals surface area (Å²) in [5.74, 6) is 0.258. The molecule has 1 unspecified atom stereocenters. The second kappa shape index (κ2) is 11.7. The Balaban J connectivity index is 1.19. The van der Waals surface area contributed by atoms with Crippen molar-refractivity contribution in [3.63, 3.8) is 0 Å². The zero-order chi connectivity index (χ0) is 32.6. The number of halogens is 2. The molecule has 14 heteroatoms. The van der Waals surface area contributed by atoms with E-state index in [2.05, 4.69) is 25.3 Å². The highest BCUT2D eigenvalue weighted by Crippen LogP contribution is 2.55. The summed E-state index contributed by atoms with van der Waals surface area (Å²) in [7, 11) is 0. The van der Waals surface area contributed by atoms with E-state index in [-0.39, 0.29) is 41.7 Å². The number of fused-ring (bicyclic) bond motifs is 7. The molecule has 3 aromatic heterocycles. The molecule has 4 aromatic rings. The smallest absolute Gasteiger partial charge is 0.407 e. The molecule has 48 heavy (non-hydrogen) atoms. The lowest BCUT2D eigenvalue weighted by molar-refractivity contribution is -0.0101. The number of anilines is 1. The van der Waals surface area contributed by atoms with Gasteiger partial charge < -0.3 is 24.4 Å². The fourth-order valence-corrected chi connectivity index (χ4v) is 8.86. The minimum absolute atomic E-state index is 0.0594. The van der Waals surface area contributed by atoms with E-state index in [9.17, 15) is 4.79 Å². The van der Waals surface area contributed by atoms with E-state index in [1.54, 1.807) is 12.4 Å². The summed E-state index contributed by atoms with van der Waals surface area (Å²) >= 11 is 6.94. The third kappa shape index (κ3) is 5.21. The molecule has 1 aliphatic carbocycles. The van der Waals surface area contributed by atoms with E-state index in [1.165, 1.54) is 0 Å². The number of hydrogen-bond acceptors (Lipinski definition) is 10. The second-order valence-electron chi connectivity index (χ2n) is 14.2. The lowest BCUT2D eigenvalue weighted by Crippen LogP contribution is -2.57. The van der Waals surface area contributed by atoms with Crippen LogP contribution in [0.5, 0.6) is 6.01 Å². The first-order valence-electron chi connectivity index (χ1n) is 17.0. The second-order valence-corrected chi connectivity index (χ2v) is 14.6. The largest absolute Gasteiger partial charge is 0.462 e. The number of H-pyrrole nitrogens is 1. The first-order valence-corrected chi connectivity index (χ1v) is 17.4. The quantitative estimate of drug-likeness (QED) is 0.299. The number of morpholine rings is 1. The molecule has 2 N–H and O–H groups in total. The van der Waals surface area contributed by atoms with Crippen molar-refractivity contribution in [1.29, 1.82) is 0 Å². The Kier molecular flexibility index (Phi) is 7.35. The molecule has 5 atom stereocenters. The third-order valence-corrected chi connectivity index (χ3v) is 11.3. The summed E-state index contributed by atoms with van der Waals surface area (Å²) in [6.45, 7) is 6.11. The van der Waals surface area contributed by atoms with Crippen LogP contribution >= 0.6 is 11.6 Å². The van der Waals surface area contributed by atoms with Crippen molar-refractivity contribution in [2.24, 2.45) is 5.92 Å². The van der Waals surface area contributed by atoms with Crippen LogP contribution in [0.15, 0.2) is 18.5 Å². The van der Waals surface area contributed by atoms with Gasteiger partial charge in [0.05, 0.1) is 42.5 Å². The topological polar surface area (TPSA) is 131 Å². The van der Waals surface area contributed by atoms with Crippen molar-refractivity contribution in [1.82, 2.24) is 35.4 Å². The molecule has 1 saturated carbocycles. The molecule has 5 aliphatic heterocycles. The van der Waals surface area contributed by atoms with Gasteiger partial charge in [0, 0.05) is 53.9 Å². The maximum absolute atomic E-state index is 17.2. The van der Waals surface area contributed by atoms with Crippen molar-refractivity contribution in [2.75, 3.05) is 51.0 Å². The molecule has 8 heterocycles. The Bertz CT molecular complexity index is 1930. The van der Waals surface area contributed by atoms with Gasteiger partial charge in [-0.3, -0.25) is 15.0 Å². The van der Waals surface area contributed by atoms with Crippen LogP contribution in [0.3, 0.4) is 0 Å². The summed E-state index contributed by atoms with van der Waals surface area (Å²) in [4.78, 5) is 31.9. The highest BCUT2D eigenvalue weighted by Gasteiger charge is 2.43. The van der Waals surface area contributed by atoms with Crippen molar-refractivity contribution in [3.05, 3.63) is 34.9 Å². The van der Waals surface area contributed by atoms with E-state index >= 15 is 4.39 Å². The zero-order valence-corrected chi connectivity index (χ0v) is 27.6. The normalized spacial score (nSPS) is 28.9. The number of alkyl carbamates (subject to hydrolysis) is 1. The van der Waals surface area contributed by atoms with Crippen LogP contribution in [0.1, 0.15) is 56.9 Å². The molecular weight excluding hydrogens is 639 g/mol. The first kappa shape index (κ1) is 30.3. The number of carbonyl (C=O) groups is 1. The number of rotatable bonds is 3. The van der Waals surface area contributed by atoms with Crippen LogP contribution in [0, 0.1) is 11.7 Å². The van der Waals surface area contributed by atoms with Crippen molar-refractivity contribution in [2.45, 2.75) is 69.0 Å². The van der Waals surface area contributed by atoms with Crippen molar-refractivity contribution >= 4 is 45.3 Å². The average molecular weight is 677 g/mol. The maximum Gasteiger partial charge on any atom is 0.407 e. The van der Waals surface area contributed by atoms with E-state index in [1.807, 2.05) is 13.0 Å². The van der Waals surface area contributed by atoms with Crippen LogP contribution in [0.25, 0.3) is 33.1 Å². The van der Waals surface area contributed by atoms with Crippen LogP contribution < -0.4 is 15.0 Å². The Morgan fingerprint density at radius 3 is 3.00 bits per heavy atom. The number of hydrogen-bond donors (Lipinski definition) is 2. The molecular formula is C34H38ClFN8O4. The molecule has 10 rings (SSSR count). The number of benzene rings is 1. The molecule has 0 radical (unpaired) electrons. The number of nitrogens with zero attached hydrogens (tertiary/aromatic N) is 6. The number of aromatic amines is 1. The highest BCUT2D eigenvalue weighted by atomic mass is 35.5. The van der Waals surface area contributed by atoms with Crippen LogP contribution in [0.4, 0.5) is 15.0 Å². The predicted molar refractivity (Wildman–Crippen MR) is 177 cm³/mol. The molecule has 1 amide bonds. The van der Waals surface area contributed by atoms with Gasteiger partial charge in [0.15, 0.2) is 5.82 Å². The van der Waals surface area contributed by atoms with Gasteiger partial charge in [-0.15, -0.1) is 0 Å². The van der Waals surface area contributed by atoms with Gasteiger partial charge in [-0.05, 0) is 68.9 Å². The Hall–Kier alpha value is -3.81. The van der Waals surface area contributed by atoms with Gasteiger partial charge in [-0.1, -0.05) is 11.6 Å². The van der Waals surface area contributed by atoms with E-state index in [0.717, 1.165) is 56.2 Å². The van der Waals surface area contributed by atoms with E-state index < -0.39 is 17.4 Å². The number of nitrogens with one attached hydrogen (secondary N) is 2. The van der Waals surface area contributed by atoms with Crippen LogP contribution in [-0.4, -0.2) is 99.8 Å². The molecule has 6 aliphatic rings. The zero-order valence-electron chi connectivity index (χ0n) is 26.8. The van der Waals surface area contributed by atoms with Gasteiger partial charge >= 0.3 is 12.1 Å². The van der Waals surface area contributed by atoms with Gasteiger partial charge in [0.1, 0.15) is 23.6 Å². The third-order valence-electron chi connectivity index (χ3n) is 11.0. The van der Waals surface area contributed by atoms with Crippen molar-refractivity contribution in [3.8, 4) is 17.3 Å². The van der Waals surface area contributed by atoms with Gasteiger partial charge in [0.25, 0.3) is 0 Å². The molecule has 4 fully saturated rings. The Morgan fingerprint density at radius 1 is 1.17 bits per heavy atom. The Morgan fingerprint density at radius 2 is 2.08 bits per heavy atom. The number of aromatic nitrogens is 5. The molecule has 252 valence electrons. The number of ether oxygens (including phenoxy) is 3. The minimum Gasteiger partial charge on any atom is -0.462 e. The lowest BCUT2D eigenvalue weighted by Gasteiger charge is -2.41. The first-order chi connectivity index (χ1) is 23.3. The summed E-state index contributed by atoms with van der Waals surface area (Å²) in [6, 6.07) is 2.55. The summed E-state index contributed by atoms with van der Waals surface area (Å²) in [6.07, 6.45) is 8.04. The molecule has 0 spiro atoms. The standard InChI is InChI=1S/C34H38ClFN8O4/c1-34-6-2-7-43(17-34)31-23-13-37-30(28(36)29(23)39-32(40-31)48-16-20-4-3-19-15-46-10-8-44(19)20)27-22-14-38-42-25(22)12-24(35)26(27)21-11-18(21)5-9-47-33(45)41-34/h12-14,18-21H,2-11,15-17H2,1H3,(H,38,42)(H,41,45)/t18-,19?,20+,21+,34-/m1/s1. The highest BCUT2D eigenvalue weighted by molar-refractivity contribution is 6.33. The number of piperidine rings is 1. The summed E-state index contributed by atoms with van der Waals surface area (Å²) < 4.78 is 34.9. The molecule has 6 bridgehead atoms. The van der Waals surface area contributed by atoms with Crippen LogP contribution in [0.2, 0.25) is 5.02 Å². The monoisotopic (exact) mass is 676 g/mol. The molecule has 3 saturated heterocycles. The van der Waals surface area contributed by atoms with Crippen LogP contribution in [-0.2, 0) is 9.47 Å². The number of carbonyl (C=O) groups excluding carboxylic acids is 1. The van der Waals surface area contributed by atoms with Gasteiger partial charge in [-0.2, -0.15) is 15.1 Å².